The van der Waals surface area contributed by atoms with Crippen LogP contribution in [0.5, 0.6) is 0 Å². The number of aryl methyl sites for hydroxylation is 1. The van der Waals surface area contributed by atoms with Crippen LogP contribution in [-0.4, -0.2) is 14.5 Å². The molecule has 0 fully saturated rings. The molecule has 5 nitrogen and oxygen atoms in total. The van der Waals surface area contributed by atoms with E-state index < -0.39 is 0 Å². The third-order valence-corrected chi connectivity index (χ3v) is 3.11. The standard InChI is InChI=1S/C15H10N4O/c1-19-7-6-11(12(8-16)15(19)20)14-17-9-10-4-2-3-5-13(10)18-14/h2-7,9H,1H3. The topological polar surface area (TPSA) is 71.6 Å². The molecular formula is C15H10N4O. The summed E-state index contributed by atoms with van der Waals surface area (Å²) in [5.41, 5.74) is 0.954. The number of hydrogen-bond acceptors (Lipinski definition) is 4. The Morgan fingerprint density at radius 2 is 2.05 bits per heavy atom. The van der Waals surface area contributed by atoms with Crippen LogP contribution in [0.3, 0.4) is 0 Å². The van der Waals surface area contributed by atoms with E-state index in [9.17, 15) is 10.1 Å². The summed E-state index contributed by atoms with van der Waals surface area (Å²) in [7, 11) is 1.61. The van der Waals surface area contributed by atoms with Gasteiger partial charge in [0.15, 0.2) is 5.82 Å². The minimum atomic E-state index is -0.346. The molecule has 0 radical (unpaired) electrons. The molecule has 0 spiro atoms. The molecule has 5 heteroatoms. The zero-order valence-electron chi connectivity index (χ0n) is 10.7. The van der Waals surface area contributed by atoms with Crippen LogP contribution < -0.4 is 5.56 Å². The fourth-order valence-electron chi connectivity index (χ4n) is 2.03. The van der Waals surface area contributed by atoms with Gasteiger partial charge in [-0.05, 0) is 12.1 Å². The fraction of sp³-hybridized carbons (Fsp3) is 0.0667. The Kier molecular flexibility index (Phi) is 2.77. The highest BCUT2D eigenvalue weighted by atomic mass is 16.1. The Hall–Kier alpha value is -3.00. The van der Waals surface area contributed by atoms with Crippen molar-refractivity contribution in [3.05, 3.63) is 58.6 Å². The quantitative estimate of drug-likeness (QED) is 0.671. The van der Waals surface area contributed by atoms with Crippen molar-refractivity contribution in [2.45, 2.75) is 0 Å². The number of benzene rings is 1. The normalized spacial score (nSPS) is 10.4. The molecule has 0 amide bonds. The van der Waals surface area contributed by atoms with E-state index in [0.717, 1.165) is 10.9 Å². The first-order valence-corrected chi connectivity index (χ1v) is 6.02. The molecule has 0 aliphatic carbocycles. The first-order chi connectivity index (χ1) is 9.70. The third-order valence-electron chi connectivity index (χ3n) is 3.11. The van der Waals surface area contributed by atoms with Crippen LogP contribution in [0.4, 0.5) is 0 Å². The highest BCUT2D eigenvalue weighted by Crippen LogP contribution is 2.19. The first-order valence-electron chi connectivity index (χ1n) is 6.02. The van der Waals surface area contributed by atoms with E-state index in [1.807, 2.05) is 30.3 Å². The van der Waals surface area contributed by atoms with Crippen molar-refractivity contribution in [3.8, 4) is 17.5 Å². The number of nitriles is 1. The predicted octanol–water partition coefficient (Wildman–Crippen LogP) is 1.87. The van der Waals surface area contributed by atoms with Crippen molar-refractivity contribution in [2.24, 2.45) is 7.05 Å². The van der Waals surface area contributed by atoms with Gasteiger partial charge in [0.25, 0.3) is 5.56 Å². The number of pyridine rings is 1. The molecule has 0 saturated carbocycles. The molecule has 96 valence electrons. The SMILES string of the molecule is Cn1ccc(-c2ncc3ccccc3n2)c(C#N)c1=O. The van der Waals surface area contributed by atoms with Gasteiger partial charge >= 0.3 is 0 Å². The molecule has 0 unspecified atom stereocenters. The van der Waals surface area contributed by atoms with Gasteiger partial charge in [0.05, 0.1) is 5.52 Å². The maximum Gasteiger partial charge on any atom is 0.268 e. The van der Waals surface area contributed by atoms with Crippen LogP contribution in [0.2, 0.25) is 0 Å². The minimum absolute atomic E-state index is 0.0604. The largest absolute Gasteiger partial charge is 0.317 e. The second-order valence-corrected chi connectivity index (χ2v) is 4.38. The van der Waals surface area contributed by atoms with E-state index in [1.54, 1.807) is 25.5 Å². The number of rotatable bonds is 1. The zero-order valence-corrected chi connectivity index (χ0v) is 10.7. The number of hydrogen-bond donors (Lipinski definition) is 0. The summed E-state index contributed by atoms with van der Waals surface area (Å²) < 4.78 is 1.36. The summed E-state index contributed by atoms with van der Waals surface area (Å²) in [6.07, 6.45) is 3.30. The lowest BCUT2D eigenvalue weighted by molar-refractivity contribution is 0.855. The summed E-state index contributed by atoms with van der Waals surface area (Å²) in [6, 6.07) is 11.2. The maximum absolute atomic E-state index is 11.9. The van der Waals surface area contributed by atoms with Crippen LogP contribution >= 0.6 is 0 Å². The van der Waals surface area contributed by atoms with Crippen molar-refractivity contribution in [1.29, 1.82) is 5.26 Å². The predicted molar refractivity (Wildman–Crippen MR) is 74.9 cm³/mol. The molecule has 0 bridgehead atoms. The Morgan fingerprint density at radius 1 is 1.25 bits per heavy atom. The summed E-state index contributed by atoms with van der Waals surface area (Å²) in [6.45, 7) is 0. The molecule has 20 heavy (non-hydrogen) atoms. The molecule has 3 rings (SSSR count). The van der Waals surface area contributed by atoms with Crippen molar-refractivity contribution in [2.75, 3.05) is 0 Å². The number of para-hydroxylation sites is 1. The first kappa shape index (κ1) is 12.1. The van der Waals surface area contributed by atoms with Crippen LogP contribution in [0, 0.1) is 11.3 Å². The molecule has 0 aliphatic heterocycles. The summed E-state index contributed by atoms with van der Waals surface area (Å²) in [5.74, 6) is 0.387. The average Bonchev–Trinajstić information content (AvgIpc) is 2.49. The molecule has 2 heterocycles. The van der Waals surface area contributed by atoms with E-state index in [0.29, 0.717) is 11.4 Å². The number of fused-ring (bicyclic) bond motifs is 1. The van der Waals surface area contributed by atoms with Gasteiger partial charge in [-0.25, -0.2) is 9.97 Å². The van der Waals surface area contributed by atoms with Gasteiger partial charge in [-0.3, -0.25) is 4.79 Å². The lowest BCUT2D eigenvalue weighted by atomic mass is 10.1. The van der Waals surface area contributed by atoms with Crippen molar-refractivity contribution >= 4 is 10.9 Å². The van der Waals surface area contributed by atoms with E-state index in [1.165, 1.54) is 4.57 Å². The molecule has 0 saturated heterocycles. The highest BCUT2D eigenvalue weighted by molar-refractivity contribution is 5.80. The van der Waals surface area contributed by atoms with Crippen LogP contribution in [0.1, 0.15) is 5.56 Å². The lowest BCUT2D eigenvalue weighted by Gasteiger charge is -2.05. The average molecular weight is 262 g/mol. The zero-order chi connectivity index (χ0) is 14.1. The Bertz CT molecular complexity index is 906. The van der Waals surface area contributed by atoms with Gasteiger partial charge in [-0.1, -0.05) is 18.2 Å². The van der Waals surface area contributed by atoms with Crippen LogP contribution in [0.15, 0.2) is 47.5 Å². The van der Waals surface area contributed by atoms with Gasteiger partial charge < -0.3 is 4.57 Å². The molecule has 0 atom stereocenters. The fourth-order valence-corrected chi connectivity index (χ4v) is 2.03. The van der Waals surface area contributed by atoms with Gasteiger partial charge in [-0.15, -0.1) is 0 Å². The molecule has 0 N–H and O–H groups in total. The lowest BCUT2D eigenvalue weighted by Crippen LogP contribution is -2.19. The Balaban J connectivity index is 2.29. The van der Waals surface area contributed by atoms with Crippen LogP contribution in [-0.2, 0) is 7.05 Å². The second-order valence-electron chi connectivity index (χ2n) is 4.38. The summed E-state index contributed by atoms with van der Waals surface area (Å²) >= 11 is 0. The van der Waals surface area contributed by atoms with Crippen molar-refractivity contribution in [3.63, 3.8) is 0 Å². The number of nitrogens with zero attached hydrogens (tertiary/aromatic N) is 4. The minimum Gasteiger partial charge on any atom is -0.317 e. The molecule has 0 aliphatic rings. The van der Waals surface area contributed by atoms with Crippen molar-refractivity contribution in [1.82, 2.24) is 14.5 Å². The van der Waals surface area contributed by atoms with E-state index in [4.69, 9.17) is 0 Å². The second kappa shape index (κ2) is 4.59. The van der Waals surface area contributed by atoms with E-state index in [2.05, 4.69) is 9.97 Å². The van der Waals surface area contributed by atoms with Crippen molar-refractivity contribution < 1.29 is 0 Å². The van der Waals surface area contributed by atoms with Gasteiger partial charge in [0.1, 0.15) is 11.6 Å². The molecule has 1 aromatic carbocycles. The molecule has 2 aromatic heterocycles. The molecular weight excluding hydrogens is 252 g/mol. The Morgan fingerprint density at radius 3 is 2.85 bits per heavy atom. The summed E-state index contributed by atoms with van der Waals surface area (Å²) in [5, 5.41) is 10.1. The van der Waals surface area contributed by atoms with E-state index in [-0.39, 0.29) is 11.1 Å². The smallest absolute Gasteiger partial charge is 0.268 e. The Labute approximate surface area is 114 Å². The maximum atomic E-state index is 11.9. The van der Waals surface area contributed by atoms with Gasteiger partial charge in [0, 0.05) is 30.4 Å². The highest BCUT2D eigenvalue weighted by Gasteiger charge is 2.12. The monoisotopic (exact) mass is 262 g/mol. The molecule has 3 aromatic rings. The van der Waals surface area contributed by atoms with E-state index >= 15 is 0 Å². The number of aromatic nitrogens is 3. The summed E-state index contributed by atoms with van der Waals surface area (Å²) in [4.78, 5) is 20.6. The van der Waals surface area contributed by atoms with Crippen LogP contribution in [0.25, 0.3) is 22.3 Å². The third kappa shape index (κ3) is 1.84. The van der Waals surface area contributed by atoms with Gasteiger partial charge in [0.2, 0.25) is 0 Å². The van der Waals surface area contributed by atoms with Gasteiger partial charge in [-0.2, -0.15) is 5.26 Å².